The van der Waals surface area contributed by atoms with Crippen molar-refractivity contribution in [3.05, 3.63) is 15.6 Å². The Morgan fingerprint density at radius 3 is 2.78 bits per heavy atom. The fourth-order valence-corrected chi connectivity index (χ4v) is 3.53. The molecule has 18 heavy (non-hydrogen) atoms. The maximum atomic E-state index is 4.47. The van der Waals surface area contributed by atoms with Gasteiger partial charge in [0.15, 0.2) is 0 Å². The first-order chi connectivity index (χ1) is 8.56. The lowest BCUT2D eigenvalue weighted by Gasteiger charge is -2.20. The first-order valence-electron chi connectivity index (χ1n) is 6.94. The quantitative estimate of drug-likeness (QED) is 0.889. The van der Waals surface area contributed by atoms with E-state index in [1.165, 1.54) is 35.1 Å². The number of thiazole rings is 1. The molecule has 1 unspecified atom stereocenters. The highest BCUT2D eigenvalue weighted by Gasteiger charge is 2.23. The van der Waals surface area contributed by atoms with E-state index in [1.54, 1.807) is 0 Å². The van der Waals surface area contributed by atoms with Crippen LogP contribution in [-0.4, -0.2) is 35.6 Å². The number of hydrogen-bond donors (Lipinski definition) is 1. The van der Waals surface area contributed by atoms with Gasteiger partial charge < -0.3 is 10.2 Å². The molecule has 0 amide bonds. The normalized spacial score (nSPS) is 21.1. The van der Waals surface area contributed by atoms with Crippen LogP contribution in [0.5, 0.6) is 0 Å². The molecule has 1 fully saturated rings. The average Bonchev–Trinajstić information content (AvgIpc) is 2.87. The number of likely N-dealkylation sites (tertiary alicyclic amines) is 1. The van der Waals surface area contributed by atoms with Crippen LogP contribution in [0.3, 0.4) is 0 Å². The van der Waals surface area contributed by atoms with Crippen molar-refractivity contribution in [2.75, 3.05) is 19.6 Å². The van der Waals surface area contributed by atoms with E-state index in [-0.39, 0.29) is 0 Å². The number of aromatic nitrogens is 1. The Labute approximate surface area is 115 Å². The molecule has 1 aromatic heterocycles. The SMILES string of the molecule is Cc1nc(C)c(CNCC2CCN(C(C)C)C2)s1. The van der Waals surface area contributed by atoms with Crippen molar-refractivity contribution < 1.29 is 0 Å². The maximum absolute atomic E-state index is 4.47. The molecule has 1 atom stereocenters. The van der Waals surface area contributed by atoms with Gasteiger partial charge in [0.05, 0.1) is 10.7 Å². The Bertz CT molecular complexity index is 386. The van der Waals surface area contributed by atoms with Gasteiger partial charge in [-0.1, -0.05) is 0 Å². The topological polar surface area (TPSA) is 28.2 Å². The molecule has 0 aliphatic carbocycles. The number of nitrogens with one attached hydrogen (secondary N) is 1. The van der Waals surface area contributed by atoms with E-state index in [1.807, 2.05) is 11.3 Å². The van der Waals surface area contributed by atoms with Gasteiger partial charge >= 0.3 is 0 Å². The third-order valence-electron chi connectivity index (χ3n) is 3.77. The van der Waals surface area contributed by atoms with E-state index in [0.29, 0.717) is 6.04 Å². The van der Waals surface area contributed by atoms with E-state index in [9.17, 15) is 0 Å². The Hall–Kier alpha value is -0.450. The number of hydrogen-bond acceptors (Lipinski definition) is 4. The lowest BCUT2D eigenvalue weighted by atomic mass is 10.1. The van der Waals surface area contributed by atoms with Gasteiger partial charge in [0.1, 0.15) is 0 Å². The molecule has 1 aliphatic heterocycles. The molecule has 102 valence electrons. The van der Waals surface area contributed by atoms with E-state index < -0.39 is 0 Å². The summed E-state index contributed by atoms with van der Waals surface area (Å²) in [5, 5.41) is 4.78. The van der Waals surface area contributed by atoms with Gasteiger partial charge in [-0.05, 0) is 53.1 Å². The molecular weight excluding hydrogens is 242 g/mol. The number of rotatable bonds is 5. The van der Waals surface area contributed by atoms with Gasteiger partial charge in [-0.2, -0.15) is 0 Å². The van der Waals surface area contributed by atoms with Crippen LogP contribution >= 0.6 is 11.3 Å². The molecule has 2 heterocycles. The summed E-state index contributed by atoms with van der Waals surface area (Å²) in [6, 6.07) is 0.696. The van der Waals surface area contributed by atoms with Crippen LogP contribution in [0.2, 0.25) is 0 Å². The predicted octanol–water partition coefficient (Wildman–Crippen LogP) is 2.58. The monoisotopic (exact) mass is 267 g/mol. The van der Waals surface area contributed by atoms with Crippen molar-refractivity contribution in [3.63, 3.8) is 0 Å². The third-order valence-corrected chi connectivity index (χ3v) is 4.84. The molecule has 0 bridgehead atoms. The molecular formula is C14H25N3S. The lowest BCUT2D eigenvalue weighted by Crippen LogP contribution is -2.30. The molecule has 0 radical (unpaired) electrons. The summed E-state index contributed by atoms with van der Waals surface area (Å²) in [4.78, 5) is 8.44. The Balaban J connectivity index is 1.72. The van der Waals surface area contributed by atoms with Gasteiger partial charge in [-0.15, -0.1) is 11.3 Å². The highest BCUT2D eigenvalue weighted by atomic mass is 32.1. The molecule has 4 heteroatoms. The van der Waals surface area contributed by atoms with E-state index in [2.05, 4.69) is 42.9 Å². The van der Waals surface area contributed by atoms with Gasteiger partial charge in [0.2, 0.25) is 0 Å². The summed E-state index contributed by atoms with van der Waals surface area (Å²) in [5.41, 5.74) is 1.19. The minimum atomic E-state index is 0.696. The smallest absolute Gasteiger partial charge is 0.0900 e. The summed E-state index contributed by atoms with van der Waals surface area (Å²) in [7, 11) is 0. The van der Waals surface area contributed by atoms with Crippen LogP contribution in [0.15, 0.2) is 0 Å². The fourth-order valence-electron chi connectivity index (χ4n) is 2.63. The zero-order valence-corrected chi connectivity index (χ0v) is 12.8. The van der Waals surface area contributed by atoms with E-state index in [4.69, 9.17) is 0 Å². The first kappa shape index (κ1) is 14.0. The minimum absolute atomic E-state index is 0.696. The van der Waals surface area contributed by atoms with Gasteiger partial charge in [0.25, 0.3) is 0 Å². The van der Waals surface area contributed by atoms with Gasteiger partial charge in [-0.25, -0.2) is 4.98 Å². The highest BCUT2D eigenvalue weighted by molar-refractivity contribution is 7.11. The summed E-state index contributed by atoms with van der Waals surface area (Å²) >= 11 is 1.82. The van der Waals surface area contributed by atoms with Gasteiger partial charge in [-0.3, -0.25) is 0 Å². The zero-order valence-electron chi connectivity index (χ0n) is 12.0. The van der Waals surface area contributed by atoms with Crippen molar-refractivity contribution >= 4 is 11.3 Å². The molecule has 3 nitrogen and oxygen atoms in total. The van der Waals surface area contributed by atoms with Crippen LogP contribution in [0.1, 0.15) is 35.8 Å². The van der Waals surface area contributed by atoms with Crippen LogP contribution in [0, 0.1) is 19.8 Å². The average molecular weight is 267 g/mol. The number of aryl methyl sites for hydroxylation is 2. The van der Waals surface area contributed by atoms with Crippen molar-refractivity contribution in [2.45, 2.75) is 46.7 Å². The highest BCUT2D eigenvalue weighted by Crippen LogP contribution is 2.19. The molecule has 1 saturated heterocycles. The van der Waals surface area contributed by atoms with E-state index in [0.717, 1.165) is 19.0 Å². The summed E-state index contributed by atoms with van der Waals surface area (Å²) in [5.74, 6) is 0.821. The van der Waals surface area contributed by atoms with Crippen molar-refractivity contribution in [2.24, 2.45) is 5.92 Å². The summed E-state index contributed by atoms with van der Waals surface area (Å²) in [6.45, 7) is 13.4. The van der Waals surface area contributed by atoms with Crippen molar-refractivity contribution in [1.82, 2.24) is 15.2 Å². The molecule has 1 aromatic rings. The second-order valence-corrected chi connectivity index (χ2v) is 6.90. The molecule has 0 saturated carbocycles. The molecule has 0 spiro atoms. The van der Waals surface area contributed by atoms with Crippen LogP contribution < -0.4 is 5.32 Å². The van der Waals surface area contributed by atoms with E-state index >= 15 is 0 Å². The zero-order chi connectivity index (χ0) is 13.1. The van der Waals surface area contributed by atoms with Crippen molar-refractivity contribution in [1.29, 1.82) is 0 Å². The van der Waals surface area contributed by atoms with Crippen molar-refractivity contribution in [3.8, 4) is 0 Å². The van der Waals surface area contributed by atoms with Gasteiger partial charge in [0, 0.05) is 24.0 Å². The second-order valence-electron chi connectivity index (χ2n) is 5.62. The third kappa shape index (κ3) is 3.53. The summed E-state index contributed by atoms with van der Waals surface area (Å²) < 4.78 is 0. The molecule has 1 aliphatic rings. The Kier molecular flexibility index (Phi) is 4.76. The molecule has 2 rings (SSSR count). The van der Waals surface area contributed by atoms with Crippen LogP contribution in [0.4, 0.5) is 0 Å². The van der Waals surface area contributed by atoms with Crippen LogP contribution in [-0.2, 0) is 6.54 Å². The standard InChI is InChI=1S/C14H25N3S/c1-10(2)17-6-5-13(9-17)7-15-8-14-11(3)16-12(4)18-14/h10,13,15H,5-9H2,1-4H3. The predicted molar refractivity (Wildman–Crippen MR) is 78.1 cm³/mol. The Morgan fingerprint density at radius 1 is 1.44 bits per heavy atom. The molecule has 1 N–H and O–H groups in total. The molecule has 0 aromatic carbocycles. The summed E-state index contributed by atoms with van der Waals surface area (Å²) in [6.07, 6.45) is 1.34. The second kappa shape index (κ2) is 6.13. The minimum Gasteiger partial charge on any atom is -0.311 e. The van der Waals surface area contributed by atoms with Crippen LogP contribution in [0.25, 0.3) is 0 Å². The maximum Gasteiger partial charge on any atom is 0.0900 e. The largest absolute Gasteiger partial charge is 0.311 e. The lowest BCUT2D eigenvalue weighted by molar-refractivity contribution is 0.264. The number of nitrogens with zero attached hydrogens (tertiary/aromatic N) is 2. The first-order valence-corrected chi connectivity index (χ1v) is 7.75. The fraction of sp³-hybridized carbons (Fsp3) is 0.786. The Morgan fingerprint density at radius 2 is 2.22 bits per heavy atom.